The van der Waals surface area contributed by atoms with Crippen molar-refractivity contribution in [2.75, 3.05) is 39.4 Å². The standard InChI is InChI=1S/C19H22N4O3S2/c1-13-2-3-16-14(10-13)22-19(26-16)28-12-17-21-15(11-27-17)18(24)20-4-5-23-6-8-25-9-7-23/h2-3,10-11H,4-9,12H2,1H3,(H,20,24). The molecule has 4 rings (SSSR count). The van der Waals surface area contributed by atoms with E-state index in [0.29, 0.717) is 23.2 Å². The third-order valence-electron chi connectivity index (χ3n) is 4.44. The Morgan fingerprint density at radius 1 is 1.32 bits per heavy atom. The van der Waals surface area contributed by atoms with E-state index in [1.807, 2.05) is 25.1 Å². The first-order chi connectivity index (χ1) is 13.7. The maximum absolute atomic E-state index is 12.3. The number of thiazole rings is 1. The van der Waals surface area contributed by atoms with Gasteiger partial charge in [-0.1, -0.05) is 17.8 Å². The van der Waals surface area contributed by atoms with Crippen molar-refractivity contribution in [1.29, 1.82) is 0 Å². The zero-order valence-electron chi connectivity index (χ0n) is 15.6. The Balaban J connectivity index is 1.26. The van der Waals surface area contributed by atoms with Gasteiger partial charge in [0.05, 0.1) is 19.0 Å². The molecule has 0 spiro atoms. The topological polar surface area (TPSA) is 80.5 Å². The van der Waals surface area contributed by atoms with Crippen molar-refractivity contribution in [3.8, 4) is 0 Å². The summed E-state index contributed by atoms with van der Waals surface area (Å²) in [6.45, 7) is 6.85. The van der Waals surface area contributed by atoms with Crippen LogP contribution in [0.5, 0.6) is 0 Å². The number of aromatic nitrogens is 2. The van der Waals surface area contributed by atoms with E-state index in [1.165, 1.54) is 23.1 Å². The van der Waals surface area contributed by atoms with Gasteiger partial charge in [0, 0.05) is 31.6 Å². The van der Waals surface area contributed by atoms with E-state index >= 15 is 0 Å². The van der Waals surface area contributed by atoms with Gasteiger partial charge in [0.2, 0.25) is 0 Å². The van der Waals surface area contributed by atoms with E-state index in [4.69, 9.17) is 9.15 Å². The predicted octanol–water partition coefficient (Wildman–Crippen LogP) is 2.95. The first-order valence-electron chi connectivity index (χ1n) is 9.20. The number of fused-ring (bicyclic) bond motifs is 1. The number of morpholine rings is 1. The Morgan fingerprint density at radius 2 is 2.18 bits per heavy atom. The predicted molar refractivity (Wildman–Crippen MR) is 110 cm³/mol. The largest absolute Gasteiger partial charge is 0.431 e. The molecule has 148 valence electrons. The minimum atomic E-state index is -0.127. The highest BCUT2D eigenvalue weighted by atomic mass is 32.2. The summed E-state index contributed by atoms with van der Waals surface area (Å²) in [5.74, 6) is 0.496. The first kappa shape index (κ1) is 19.4. The summed E-state index contributed by atoms with van der Waals surface area (Å²) in [7, 11) is 0. The number of hydrogen-bond acceptors (Lipinski definition) is 8. The molecule has 0 radical (unpaired) electrons. The second-order valence-corrected chi connectivity index (χ2v) is 8.45. The SMILES string of the molecule is Cc1ccc2oc(SCc3nc(C(=O)NCCN4CCOCC4)cs3)nc2c1. The molecule has 0 bridgehead atoms. The van der Waals surface area contributed by atoms with Crippen LogP contribution in [0.1, 0.15) is 21.1 Å². The zero-order chi connectivity index (χ0) is 19.3. The average Bonchev–Trinajstić information content (AvgIpc) is 3.33. The van der Waals surface area contributed by atoms with E-state index in [9.17, 15) is 4.79 Å². The van der Waals surface area contributed by atoms with Gasteiger partial charge in [0.25, 0.3) is 11.1 Å². The highest BCUT2D eigenvalue weighted by Gasteiger charge is 2.14. The Kier molecular flexibility index (Phi) is 6.26. The number of benzene rings is 1. The second kappa shape index (κ2) is 9.04. The summed E-state index contributed by atoms with van der Waals surface area (Å²) in [4.78, 5) is 23.5. The molecule has 1 fully saturated rings. The number of amides is 1. The minimum Gasteiger partial charge on any atom is -0.431 e. The molecule has 7 nitrogen and oxygen atoms in total. The van der Waals surface area contributed by atoms with E-state index in [1.54, 1.807) is 5.38 Å². The van der Waals surface area contributed by atoms with Crippen molar-refractivity contribution in [2.24, 2.45) is 0 Å². The lowest BCUT2D eigenvalue weighted by molar-refractivity contribution is 0.0383. The van der Waals surface area contributed by atoms with Crippen molar-refractivity contribution >= 4 is 40.1 Å². The maximum Gasteiger partial charge on any atom is 0.270 e. The molecular weight excluding hydrogens is 396 g/mol. The molecule has 0 atom stereocenters. The molecule has 1 aliphatic heterocycles. The number of aryl methyl sites for hydroxylation is 1. The highest BCUT2D eigenvalue weighted by molar-refractivity contribution is 7.98. The summed E-state index contributed by atoms with van der Waals surface area (Å²) in [6, 6.07) is 5.95. The van der Waals surface area contributed by atoms with Gasteiger partial charge in [-0.3, -0.25) is 9.69 Å². The molecule has 1 saturated heterocycles. The summed E-state index contributed by atoms with van der Waals surface area (Å²) in [5.41, 5.74) is 3.27. The molecule has 3 aromatic rings. The Bertz CT molecular complexity index is 950. The zero-order valence-corrected chi connectivity index (χ0v) is 17.3. The maximum atomic E-state index is 12.3. The summed E-state index contributed by atoms with van der Waals surface area (Å²) < 4.78 is 11.1. The highest BCUT2D eigenvalue weighted by Crippen LogP contribution is 2.27. The molecule has 1 amide bonds. The van der Waals surface area contributed by atoms with Gasteiger partial charge in [0.15, 0.2) is 5.58 Å². The normalized spacial score (nSPS) is 15.2. The van der Waals surface area contributed by atoms with E-state index in [0.717, 1.165) is 54.5 Å². The van der Waals surface area contributed by atoms with Gasteiger partial charge in [-0.15, -0.1) is 11.3 Å². The van der Waals surface area contributed by atoms with Crippen LogP contribution in [-0.4, -0.2) is 60.2 Å². The van der Waals surface area contributed by atoms with Crippen LogP contribution in [0.4, 0.5) is 0 Å². The second-order valence-electron chi connectivity index (χ2n) is 6.58. The Labute approximate surface area is 171 Å². The number of oxazole rings is 1. The van der Waals surface area contributed by atoms with Crippen LogP contribution in [0.2, 0.25) is 0 Å². The van der Waals surface area contributed by atoms with Crippen LogP contribution in [0.25, 0.3) is 11.1 Å². The number of carbonyl (C=O) groups excluding carboxylic acids is 1. The van der Waals surface area contributed by atoms with Gasteiger partial charge in [-0.2, -0.15) is 0 Å². The molecule has 3 heterocycles. The third kappa shape index (κ3) is 4.91. The van der Waals surface area contributed by atoms with Crippen LogP contribution in [0.3, 0.4) is 0 Å². The molecule has 0 saturated carbocycles. The van der Waals surface area contributed by atoms with E-state index in [2.05, 4.69) is 20.2 Å². The first-order valence-corrected chi connectivity index (χ1v) is 11.1. The lowest BCUT2D eigenvalue weighted by atomic mass is 10.2. The summed E-state index contributed by atoms with van der Waals surface area (Å²) in [5, 5.41) is 6.24. The Hall–Kier alpha value is -1.94. The van der Waals surface area contributed by atoms with Crippen LogP contribution in [0, 0.1) is 6.92 Å². The van der Waals surface area contributed by atoms with Gasteiger partial charge < -0.3 is 14.5 Å². The number of thioether (sulfide) groups is 1. The smallest absolute Gasteiger partial charge is 0.270 e. The molecule has 1 aliphatic rings. The molecule has 0 unspecified atom stereocenters. The van der Waals surface area contributed by atoms with Crippen molar-refractivity contribution in [1.82, 2.24) is 20.2 Å². The molecule has 9 heteroatoms. The number of rotatable bonds is 7. The van der Waals surface area contributed by atoms with E-state index in [-0.39, 0.29) is 5.91 Å². The van der Waals surface area contributed by atoms with Crippen LogP contribution < -0.4 is 5.32 Å². The summed E-state index contributed by atoms with van der Waals surface area (Å²) >= 11 is 2.97. The van der Waals surface area contributed by atoms with Crippen LogP contribution in [0.15, 0.2) is 33.2 Å². The van der Waals surface area contributed by atoms with Crippen molar-refractivity contribution in [3.63, 3.8) is 0 Å². The number of ether oxygens (including phenoxy) is 1. The van der Waals surface area contributed by atoms with Crippen molar-refractivity contribution in [2.45, 2.75) is 17.9 Å². The molecular formula is C19H22N4O3S2. The molecule has 1 N–H and O–H groups in total. The summed E-state index contributed by atoms with van der Waals surface area (Å²) in [6.07, 6.45) is 0. The quantitative estimate of drug-likeness (QED) is 0.591. The third-order valence-corrected chi connectivity index (χ3v) is 6.32. The van der Waals surface area contributed by atoms with Gasteiger partial charge in [-0.05, 0) is 24.6 Å². The van der Waals surface area contributed by atoms with Crippen LogP contribution in [-0.2, 0) is 10.5 Å². The Morgan fingerprint density at radius 3 is 3.04 bits per heavy atom. The number of nitrogens with one attached hydrogen (secondary N) is 1. The minimum absolute atomic E-state index is 0.127. The number of hydrogen-bond donors (Lipinski definition) is 1. The monoisotopic (exact) mass is 418 g/mol. The van der Waals surface area contributed by atoms with E-state index < -0.39 is 0 Å². The lowest BCUT2D eigenvalue weighted by Gasteiger charge is -2.26. The van der Waals surface area contributed by atoms with Gasteiger partial charge in [-0.25, -0.2) is 9.97 Å². The molecule has 0 aliphatic carbocycles. The van der Waals surface area contributed by atoms with Gasteiger partial charge in [0.1, 0.15) is 16.2 Å². The number of nitrogens with zero attached hydrogens (tertiary/aromatic N) is 3. The van der Waals surface area contributed by atoms with Gasteiger partial charge >= 0.3 is 0 Å². The fourth-order valence-corrected chi connectivity index (χ4v) is 4.56. The fraction of sp³-hybridized carbons (Fsp3) is 0.421. The average molecular weight is 419 g/mol. The molecule has 28 heavy (non-hydrogen) atoms. The fourth-order valence-electron chi connectivity index (χ4n) is 2.93. The van der Waals surface area contributed by atoms with Crippen molar-refractivity contribution < 1.29 is 13.9 Å². The molecule has 1 aromatic carbocycles. The number of carbonyl (C=O) groups is 1. The van der Waals surface area contributed by atoms with Crippen LogP contribution >= 0.6 is 23.1 Å². The van der Waals surface area contributed by atoms with Crippen molar-refractivity contribution in [3.05, 3.63) is 39.8 Å². The molecule has 2 aromatic heterocycles. The lowest BCUT2D eigenvalue weighted by Crippen LogP contribution is -2.41.